The third-order valence-electron chi connectivity index (χ3n) is 2.93. The molecule has 2 amide bonds. The Balaban J connectivity index is 0.00000324. The smallest absolute Gasteiger partial charge is 0.239 e. The van der Waals surface area contributed by atoms with Gasteiger partial charge >= 0.3 is 0 Å². The van der Waals surface area contributed by atoms with Gasteiger partial charge in [-0.05, 0) is 24.2 Å². The fourth-order valence-corrected chi connectivity index (χ4v) is 1.85. The van der Waals surface area contributed by atoms with Gasteiger partial charge in [0.05, 0.1) is 6.54 Å². The van der Waals surface area contributed by atoms with Crippen LogP contribution < -0.4 is 16.4 Å². The molecule has 1 rings (SSSR count). The van der Waals surface area contributed by atoms with Crippen LogP contribution in [-0.2, 0) is 9.59 Å². The van der Waals surface area contributed by atoms with E-state index in [9.17, 15) is 9.59 Å². The first-order valence-corrected chi connectivity index (χ1v) is 6.58. The third kappa shape index (κ3) is 8.06. The van der Waals surface area contributed by atoms with Gasteiger partial charge in [0, 0.05) is 19.0 Å². The average Bonchev–Trinajstić information content (AvgIpc) is 3.04. The van der Waals surface area contributed by atoms with Crippen LogP contribution in [-0.4, -0.2) is 30.9 Å². The third-order valence-corrected chi connectivity index (χ3v) is 2.93. The number of carbonyl (C=O) groups is 2. The van der Waals surface area contributed by atoms with E-state index in [1.165, 1.54) is 0 Å². The molecule has 5 nitrogen and oxygen atoms in total. The second kappa shape index (κ2) is 7.70. The molecule has 0 aliphatic heterocycles. The van der Waals surface area contributed by atoms with Crippen molar-refractivity contribution < 1.29 is 9.59 Å². The van der Waals surface area contributed by atoms with E-state index in [0.717, 1.165) is 12.8 Å². The molecule has 0 bridgehead atoms. The van der Waals surface area contributed by atoms with Gasteiger partial charge in [0.25, 0.3) is 0 Å². The zero-order valence-electron chi connectivity index (χ0n) is 12.0. The van der Waals surface area contributed by atoms with E-state index < -0.39 is 0 Å². The predicted molar refractivity (Wildman–Crippen MR) is 78.0 cm³/mol. The summed E-state index contributed by atoms with van der Waals surface area (Å²) in [6.07, 6.45) is 2.69. The van der Waals surface area contributed by atoms with E-state index in [1.54, 1.807) is 0 Å². The lowest BCUT2D eigenvalue weighted by Gasteiger charge is -2.18. The minimum absolute atomic E-state index is 0. The molecule has 1 saturated carbocycles. The van der Waals surface area contributed by atoms with Crippen molar-refractivity contribution in [2.45, 2.75) is 46.1 Å². The van der Waals surface area contributed by atoms with Crippen molar-refractivity contribution in [1.29, 1.82) is 0 Å². The van der Waals surface area contributed by atoms with E-state index in [-0.39, 0.29) is 42.2 Å². The highest BCUT2D eigenvalue weighted by Crippen LogP contribution is 2.32. The second-order valence-electron chi connectivity index (χ2n) is 6.26. The van der Waals surface area contributed by atoms with Crippen LogP contribution in [0.3, 0.4) is 0 Å². The lowest BCUT2D eigenvalue weighted by atomic mass is 9.92. The molecule has 19 heavy (non-hydrogen) atoms. The molecule has 0 aromatic carbocycles. The summed E-state index contributed by atoms with van der Waals surface area (Å²) < 4.78 is 0. The van der Waals surface area contributed by atoms with Gasteiger partial charge < -0.3 is 16.4 Å². The Kier molecular flexibility index (Phi) is 7.37. The SMILES string of the molecule is CC(C)(C)CC(=O)NCC(=O)NC(CN)C1CC1.Cl. The first kappa shape index (κ1) is 18.2. The molecular formula is C13H26ClN3O2. The van der Waals surface area contributed by atoms with Gasteiger partial charge in [-0.3, -0.25) is 9.59 Å². The molecule has 0 spiro atoms. The Morgan fingerprint density at radius 3 is 2.26 bits per heavy atom. The van der Waals surface area contributed by atoms with Gasteiger partial charge in [-0.1, -0.05) is 20.8 Å². The Labute approximate surface area is 121 Å². The summed E-state index contributed by atoms with van der Waals surface area (Å²) in [7, 11) is 0. The maximum absolute atomic E-state index is 11.6. The molecule has 112 valence electrons. The molecule has 0 aromatic rings. The molecule has 1 atom stereocenters. The van der Waals surface area contributed by atoms with Crippen molar-refractivity contribution in [2.24, 2.45) is 17.1 Å². The summed E-state index contributed by atoms with van der Waals surface area (Å²) in [5, 5.41) is 5.50. The molecule has 6 heteroatoms. The molecule has 1 fully saturated rings. The monoisotopic (exact) mass is 291 g/mol. The van der Waals surface area contributed by atoms with Crippen LogP contribution in [0.15, 0.2) is 0 Å². The van der Waals surface area contributed by atoms with Crippen LogP contribution in [0, 0.1) is 11.3 Å². The van der Waals surface area contributed by atoms with E-state index in [0.29, 0.717) is 18.9 Å². The largest absolute Gasteiger partial charge is 0.350 e. The highest BCUT2D eigenvalue weighted by molar-refractivity contribution is 5.85. The highest BCUT2D eigenvalue weighted by Gasteiger charge is 2.31. The highest BCUT2D eigenvalue weighted by atomic mass is 35.5. The van der Waals surface area contributed by atoms with Crippen molar-refractivity contribution in [3.63, 3.8) is 0 Å². The van der Waals surface area contributed by atoms with Crippen molar-refractivity contribution in [3.8, 4) is 0 Å². The molecule has 0 aromatic heterocycles. The fourth-order valence-electron chi connectivity index (χ4n) is 1.85. The lowest BCUT2D eigenvalue weighted by Crippen LogP contribution is -2.46. The van der Waals surface area contributed by atoms with Crippen LogP contribution in [0.2, 0.25) is 0 Å². The summed E-state index contributed by atoms with van der Waals surface area (Å²) in [6, 6.07) is 0.0667. The second-order valence-corrected chi connectivity index (χ2v) is 6.26. The minimum atomic E-state index is -0.153. The van der Waals surface area contributed by atoms with Crippen LogP contribution >= 0.6 is 12.4 Å². The molecule has 0 radical (unpaired) electrons. The zero-order valence-corrected chi connectivity index (χ0v) is 12.8. The molecule has 0 saturated heterocycles. The standard InChI is InChI=1S/C13H25N3O2.ClH/c1-13(2,3)6-11(17)15-8-12(18)16-10(7-14)9-4-5-9;/h9-10H,4-8,14H2,1-3H3,(H,15,17)(H,16,18);1H. The zero-order chi connectivity index (χ0) is 13.8. The van der Waals surface area contributed by atoms with Crippen molar-refractivity contribution >= 4 is 24.2 Å². The van der Waals surface area contributed by atoms with E-state index >= 15 is 0 Å². The first-order chi connectivity index (χ1) is 8.31. The predicted octanol–water partition coefficient (Wildman–Crippen LogP) is 0.814. The van der Waals surface area contributed by atoms with Gasteiger partial charge in [-0.15, -0.1) is 12.4 Å². The van der Waals surface area contributed by atoms with Gasteiger partial charge in [0.1, 0.15) is 0 Å². The summed E-state index contributed by atoms with van der Waals surface area (Å²) in [5.41, 5.74) is 5.54. The molecule has 0 heterocycles. The van der Waals surface area contributed by atoms with Gasteiger partial charge in [0.2, 0.25) is 11.8 Å². The first-order valence-electron chi connectivity index (χ1n) is 6.58. The average molecular weight is 292 g/mol. The van der Waals surface area contributed by atoms with Gasteiger partial charge in [0.15, 0.2) is 0 Å². The normalized spacial score (nSPS) is 16.2. The molecule has 1 aliphatic carbocycles. The number of hydrogen-bond acceptors (Lipinski definition) is 3. The van der Waals surface area contributed by atoms with Crippen LogP contribution in [0.4, 0.5) is 0 Å². The van der Waals surface area contributed by atoms with Crippen LogP contribution in [0.5, 0.6) is 0 Å². The number of carbonyl (C=O) groups excluding carboxylic acids is 2. The number of amides is 2. The van der Waals surface area contributed by atoms with Gasteiger partial charge in [-0.2, -0.15) is 0 Å². The molecule has 4 N–H and O–H groups in total. The number of hydrogen-bond donors (Lipinski definition) is 3. The Morgan fingerprint density at radius 2 is 1.84 bits per heavy atom. The van der Waals surface area contributed by atoms with E-state index in [2.05, 4.69) is 10.6 Å². The number of nitrogens with two attached hydrogens (primary N) is 1. The molecule has 1 unspecified atom stereocenters. The summed E-state index contributed by atoms with van der Waals surface area (Å²) in [5.74, 6) is 0.289. The summed E-state index contributed by atoms with van der Waals surface area (Å²) in [4.78, 5) is 23.2. The quantitative estimate of drug-likeness (QED) is 0.677. The van der Waals surface area contributed by atoms with Gasteiger partial charge in [-0.25, -0.2) is 0 Å². The number of rotatable bonds is 6. The fraction of sp³-hybridized carbons (Fsp3) is 0.846. The molecule has 1 aliphatic rings. The maximum Gasteiger partial charge on any atom is 0.239 e. The van der Waals surface area contributed by atoms with Crippen molar-refractivity contribution in [3.05, 3.63) is 0 Å². The number of halogens is 1. The van der Waals surface area contributed by atoms with E-state index in [4.69, 9.17) is 5.73 Å². The molecular weight excluding hydrogens is 266 g/mol. The Hall–Kier alpha value is -0.810. The Morgan fingerprint density at radius 1 is 1.26 bits per heavy atom. The van der Waals surface area contributed by atoms with Crippen molar-refractivity contribution in [1.82, 2.24) is 10.6 Å². The van der Waals surface area contributed by atoms with Crippen molar-refractivity contribution in [2.75, 3.05) is 13.1 Å². The maximum atomic E-state index is 11.6. The lowest BCUT2D eigenvalue weighted by molar-refractivity contribution is -0.127. The topological polar surface area (TPSA) is 84.2 Å². The van der Waals surface area contributed by atoms with Crippen LogP contribution in [0.1, 0.15) is 40.0 Å². The number of nitrogens with one attached hydrogen (secondary N) is 2. The Bertz CT molecular complexity index is 312. The summed E-state index contributed by atoms with van der Waals surface area (Å²) >= 11 is 0. The minimum Gasteiger partial charge on any atom is -0.350 e. The van der Waals surface area contributed by atoms with Crippen LogP contribution in [0.25, 0.3) is 0 Å². The summed E-state index contributed by atoms with van der Waals surface area (Å²) in [6.45, 7) is 6.48. The van der Waals surface area contributed by atoms with E-state index in [1.807, 2.05) is 20.8 Å².